The van der Waals surface area contributed by atoms with E-state index in [-0.39, 0.29) is 24.8 Å². The second-order valence-electron chi connectivity index (χ2n) is 9.90. The van der Waals surface area contributed by atoms with E-state index in [1.165, 1.54) is 30.9 Å². The van der Waals surface area contributed by atoms with Crippen molar-refractivity contribution in [3.05, 3.63) is 64.4 Å². The summed E-state index contributed by atoms with van der Waals surface area (Å²) in [5.41, 5.74) is 0.569. The zero-order valence-electron chi connectivity index (χ0n) is 20.9. The van der Waals surface area contributed by atoms with Crippen LogP contribution in [0.1, 0.15) is 38.3 Å². The molecule has 0 spiro atoms. The number of ether oxygens (including phenoxy) is 2. The molecule has 1 fully saturated rings. The summed E-state index contributed by atoms with van der Waals surface area (Å²) in [6, 6.07) is 12.6. The summed E-state index contributed by atoms with van der Waals surface area (Å²) < 4.78 is 24.2. The highest BCUT2D eigenvalue weighted by Crippen LogP contribution is 2.26. The first-order valence-electron chi connectivity index (χ1n) is 12.0. The monoisotopic (exact) mass is 506 g/mol. The Bertz CT molecular complexity index is 986. The molecule has 2 aromatic carbocycles. The number of carbonyl (C=O) groups is 1. The van der Waals surface area contributed by atoms with Gasteiger partial charge in [-0.1, -0.05) is 36.7 Å². The van der Waals surface area contributed by atoms with E-state index < -0.39 is 17.4 Å². The average Bonchev–Trinajstić information content (AvgIpc) is 2.81. The molecule has 0 aliphatic carbocycles. The van der Waals surface area contributed by atoms with Crippen molar-refractivity contribution in [2.45, 2.75) is 57.8 Å². The van der Waals surface area contributed by atoms with Gasteiger partial charge in [-0.3, -0.25) is 9.69 Å². The normalized spacial score (nSPS) is 22.4. The first kappa shape index (κ1) is 27.4. The topological polar surface area (TPSA) is 71.0 Å². The van der Waals surface area contributed by atoms with Crippen LogP contribution in [0.3, 0.4) is 0 Å². The zero-order chi connectivity index (χ0) is 25.6. The van der Waals surface area contributed by atoms with Crippen molar-refractivity contribution in [2.75, 3.05) is 26.8 Å². The Kier molecular flexibility index (Phi) is 9.53. The molecule has 2 N–H and O–H groups in total. The molecule has 8 heteroatoms. The van der Waals surface area contributed by atoms with Crippen LogP contribution in [0.2, 0.25) is 5.02 Å². The van der Waals surface area contributed by atoms with E-state index in [0.717, 1.165) is 24.5 Å². The SMILES string of the molecule is COC(=O)Cc1ccc(F)cc1OCC(C)(O)CN[C@H]1C[C@H](C)N(Cc2ccc(Cl)cc2)C[C@H]1C. The van der Waals surface area contributed by atoms with Gasteiger partial charge < -0.3 is 19.9 Å². The number of methoxy groups -OCH3 is 1. The Morgan fingerprint density at radius 2 is 1.97 bits per heavy atom. The Morgan fingerprint density at radius 3 is 2.66 bits per heavy atom. The van der Waals surface area contributed by atoms with Crippen LogP contribution in [0.5, 0.6) is 5.75 Å². The van der Waals surface area contributed by atoms with Crippen molar-refractivity contribution in [1.29, 1.82) is 0 Å². The van der Waals surface area contributed by atoms with E-state index in [1.54, 1.807) is 6.92 Å². The van der Waals surface area contributed by atoms with Crippen LogP contribution in [0.4, 0.5) is 4.39 Å². The van der Waals surface area contributed by atoms with Gasteiger partial charge >= 0.3 is 5.97 Å². The van der Waals surface area contributed by atoms with Crippen LogP contribution in [-0.2, 0) is 22.5 Å². The Morgan fingerprint density at radius 1 is 1.26 bits per heavy atom. The van der Waals surface area contributed by atoms with Crippen molar-refractivity contribution < 1.29 is 23.8 Å². The van der Waals surface area contributed by atoms with Crippen molar-refractivity contribution in [2.24, 2.45) is 5.92 Å². The summed E-state index contributed by atoms with van der Waals surface area (Å²) in [6.07, 6.45) is 0.926. The summed E-state index contributed by atoms with van der Waals surface area (Å²) >= 11 is 6.01. The summed E-state index contributed by atoms with van der Waals surface area (Å²) in [6.45, 7) is 8.23. The molecule has 4 atom stereocenters. The van der Waals surface area contributed by atoms with Gasteiger partial charge in [0.2, 0.25) is 0 Å². The molecule has 0 saturated carbocycles. The number of nitrogens with zero attached hydrogens (tertiary/aromatic N) is 1. The average molecular weight is 507 g/mol. The second-order valence-corrected chi connectivity index (χ2v) is 10.3. The fraction of sp³-hybridized carbons (Fsp3) is 0.519. The molecule has 1 heterocycles. The third kappa shape index (κ3) is 8.17. The predicted molar refractivity (Wildman–Crippen MR) is 135 cm³/mol. The van der Waals surface area contributed by atoms with Crippen LogP contribution < -0.4 is 10.1 Å². The first-order chi connectivity index (χ1) is 16.6. The van der Waals surface area contributed by atoms with Crippen molar-refractivity contribution in [3.63, 3.8) is 0 Å². The van der Waals surface area contributed by atoms with Gasteiger partial charge in [-0.15, -0.1) is 0 Å². The maximum Gasteiger partial charge on any atom is 0.310 e. The van der Waals surface area contributed by atoms with E-state index in [1.807, 2.05) is 12.1 Å². The third-order valence-electron chi connectivity index (χ3n) is 6.60. The van der Waals surface area contributed by atoms with Gasteiger partial charge in [-0.2, -0.15) is 0 Å². The number of benzene rings is 2. The third-order valence-corrected chi connectivity index (χ3v) is 6.85. The summed E-state index contributed by atoms with van der Waals surface area (Å²) in [4.78, 5) is 14.1. The minimum absolute atomic E-state index is 0.0312. The Balaban J connectivity index is 1.52. The van der Waals surface area contributed by atoms with E-state index >= 15 is 0 Å². The number of rotatable bonds is 10. The van der Waals surface area contributed by atoms with Crippen LogP contribution in [0.25, 0.3) is 0 Å². The van der Waals surface area contributed by atoms with E-state index in [0.29, 0.717) is 24.1 Å². The first-order valence-corrected chi connectivity index (χ1v) is 12.4. The maximum atomic E-state index is 13.8. The fourth-order valence-corrected chi connectivity index (χ4v) is 4.55. The Hall–Kier alpha value is -2.19. The predicted octanol–water partition coefficient (Wildman–Crippen LogP) is 4.21. The molecule has 0 radical (unpaired) electrons. The maximum absolute atomic E-state index is 13.8. The lowest BCUT2D eigenvalue weighted by atomic mass is 9.88. The van der Waals surface area contributed by atoms with Gasteiger partial charge in [0, 0.05) is 48.4 Å². The molecule has 35 heavy (non-hydrogen) atoms. The van der Waals surface area contributed by atoms with Crippen LogP contribution >= 0.6 is 11.6 Å². The molecule has 0 amide bonds. The largest absolute Gasteiger partial charge is 0.490 e. The number of likely N-dealkylation sites (tertiary alicyclic amines) is 1. The van der Waals surface area contributed by atoms with Crippen LogP contribution in [0, 0.1) is 11.7 Å². The van der Waals surface area contributed by atoms with Gasteiger partial charge in [0.1, 0.15) is 23.8 Å². The van der Waals surface area contributed by atoms with Gasteiger partial charge in [-0.25, -0.2) is 4.39 Å². The van der Waals surface area contributed by atoms with E-state index in [4.69, 9.17) is 21.1 Å². The number of hydrogen-bond acceptors (Lipinski definition) is 6. The lowest BCUT2D eigenvalue weighted by Gasteiger charge is -2.43. The van der Waals surface area contributed by atoms with Gasteiger partial charge in [-0.05, 0) is 49.9 Å². The number of esters is 1. The molecule has 1 aliphatic heterocycles. The number of halogens is 2. The van der Waals surface area contributed by atoms with E-state index in [9.17, 15) is 14.3 Å². The zero-order valence-corrected chi connectivity index (χ0v) is 21.6. The molecule has 1 unspecified atom stereocenters. The number of carbonyl (C=O) groups excluding carboxylic acids is 1. The molecule has 2 aromatic rings. The van der Waals surface area contributed by atoms with Gasteiger partial charge in [0.05, 0.1) is 13.5 Å². The number of nitrogens with one attached hydrogen (secondary N) is 1. The van der Waals surface area contributed by atoms with Gasteiger partial charge in [0.25, 0.3) is 0 Å². The smallest absolute Gasteiger partial charge is 0.310 e. The van der Waals surface area contributed by atoms with Crippen molar-refractivity contribution in [1.82, 2.24) is 10.2 Å². The fourth-order valence-electron chi connectivity index (χ4n) is 4.43. The molecule has 1 aliphatic rings. The number of piperidine rings is 1. The van der Waals surface area contributed by atoms with Crippen molar-refractivity contribution in [3.8, 4) is 5.75 Å². The van der Waals surface area contributed by atoms with Crippen LogP contribution in [0.15, 0.2) is 42.5 Å². The standard InChI is InChI=1S/C27H36ClFN2O4/c1-18-14-31(15-20-5-8-22(28)9-6-20)19(2)11-24(18)30-16-27(3,33)17-35-25-13-23(29)10-7-21(25)12-26(32)34-4/h5-10,13,18-19,24,30,33H,11-12,14-17H2,1-4H3/t18-,19+,24+,27?/m1/s1. The highest BCUT2D eigenvalue weighted by Gasteiger charge is 2.32. The highest BCUT2D eigenvalue weighted by atomic mass is 35.5. The number of hydrogen-bond donors (Lipinski definition) is 2. The summed E-state index contributed by atoms with van der Waals surface area (Å²) in [7, 11) is 1.30. The second kappa shape index (κ2) is 12.2. The summed E-state index contributed by atoms with van der Waals surface area (Å²) in [5.74, 6) is -0.293. The lowest BCUT2D eigenvalue weighted by Crippen LogP contribution is -2.55. The summed E-state index contributed by atoms with van der Waals surface area (Å²) in [5, 5.41) is 15.2. The molecular weight excluding hydrogens is 471 g/mol. The minimum atomic E-state index is -1.18. The molecule has 192 valence electrons. The molecule has 0 aromatic heterocycles. The highest BCUT2D eigenvalue weighted by molar-refractivity contribution is 6.30. The minimum Gasteiger partial charge on any atom is -0.490 e. The molecule has 1 saturated heterocycles. The molecule has 3 rings (SSSR count). The van der Waals surface area contributed by atoms with Crippen LogP contribution in [-0.4, -0.2) is 60.5 Å². The molecular formula is C27H36ClFN2O4. The van der Waals surface area contributed by atoms with Gasteiger partial charge in [0.15, 0.2) is 0 Å². The van der Waals surface area contributed by atoms with E-state index in [2.05, 4.69) is 36.2 Å². The quantitative estimate of drug-likeness (QED) is 0.470. The lowest BCUT2D eigenvalue weighted by molar-refractivity contribution is -0.139. The molecule has 6 nitrogen and oxygen atoms in total. The van der Waals surface area contributed by atoms with Crippen molar-refractivity contribution >= 4 is 17.6 Å². The number of aliphatic hydroxyl groups is 1. The molecule has 0 bridgehead atoms. The Labute approximate surface area is 212 Å².